The summed E-state index contributed by atoms with van der Waals surface area (Å²) in [6.07, 6.45) is 2.50. The Morgan fingerprint density at radius 1 is 1.00 bits per heavy atom. The lowest BCUT2D eigenvalue weighted by Gasteiger charge is -2.18. The van der Waals surface area contributed by atoms with E-state index in [1.165, 1.54) is 18.5 Å². The molecule has 0 bridgehead atoms. The van der Waals surface area contributed by atoms with Gasteiger partial charge in [0.05, 0.1) is 0 Å². The van der Waals surface area contributed by atoms with E-state index in [1.807, 2.05) is 30.3 Å². The van der Waals surface area contributed by atoms with Crippen LogP contribution in [-0.4, -0.2) is 19.0 Å². The minimum atomic E-state index is -0.382. The Bertz CT molecular complexity index is 630. The predicted octanol–water partition coefficient (Wildman–Crippen LogP) is 3.05. The molecule has 2 aromatic rings. The average Bonchev–Trinajstić information content (AvgIpc) is 3.01. The second kappa shape index (κ2) is 5.37. The maximum atomic E-state index is 11.5. The monoisotopic (exact) mass is 266 g/mol. The predicted molar refractivity (Wildman–Crippen MR) is 81.8 cm³/mol. The van der Waals surface area contributed by atoms with Crippen LogP contribution in [0.3, 0.4) is 0 Å². The van der Waals surface area contributed by atoms with Crippen LogP contribution in [0.15, 0.2) is 48.5 Å². The number of benzene rings is 2. The van der Waals surface area contributed by atoms with E-state index >= 15 is 0 Å². The van der Waals surface area contributed by atoms with E-state index in [1.54, 1.807) is 6.07 Å². The van der Waals surface area contributed by atoms with Crippen LogP contribution in [0.25, 0.3) is 11.1 Å². The zero-order valence-corrected chi connectivity index (χ0v) is 11.4. The fourth-order valence-electron chi connectivity index (χ4n) is 2.80. The van der Waals surface area contributed by atoms with Gasteiger partial charge in [-0.2, -0.15) is 0 Å². The minimum Gasteiger partial charge on any atom is -0.372 e. The van der Waals surface area contributed by atoms with Gasteiger partial charge in [0.15, 0.2) is 0 Å². The number of carbonyl (C=O) groups is 1. The molecule has 0 atom stereocenters. The van der Waals surface area contributed by atoms with Crippen molar-refractivity contribution in [3.05, 3.63) is 54.1 Å². The average molecular weight is 266 g/mol. The molecule has 1 aliphatic heterocycles. The number of primary amides is 1. The van der Waals surface area contributed by atoms with Gasteiger partial charge >= 0.3 is 0 Å². The number of hydrogen-bond acceptors (Lipinski definition) is 2. The van der Waals surface area contributed by atoms with E-state index in [9.17, 15) is 4.79 Å². The number of hydrogen-bond donors (Lipinski definition) is 1. The molecule has 2 aromatic carbocycles. The van der Waals surface area contributed by atoms with Crippen molar-refractivity contribution in [2.75, 3.05) is 18.0 Å². The Balaban J connectivity index is 2.02. The molecular weight excluding hydrogens is 248 g/mol. The van der Waals surface area contributed by atoms with Gasteiger partial charge in [-0.25, -0.2) is 0 Å². The van der Waals surface area contributed by atoms with Crippen LogP contribution in [0.2, 0.25) is 0 Å². The van der Waals surface area contributed by atoms with Crippen LogP contribution in [0.4, 0.5) is 5.69 Å². The summed E-state index contributed by atoms with van der Waals surface area (Å²) < 4.78 is 0. The Hall–Kier alpha value is -2.29. The molecule has 0 radical (unpaired) electrons. The SMILES string of the molecule is NC(=O)c1ccccc1-c1cccc(N2CCCC2)c1. The third-order valence-electron chi connectivity index (χ3n) is 3.82. The van der Waals surface area contributed by atoms with Crippen molar-refractivity contribution in [1.29, 1.82) is 0 Å². The highest BCUT2D eigenvalue weighted by Crippen LogP contribution is 2.28. The molecule has 0 spiro atoms. The van der Waals surface area contributed by atoms with Crippen molar-refractivity contribution in [3.8, 4) is 11.1 Å². The van der Waals surface area contributed by atoms with Crippen molar-refractivity contribution in [2.24, 2.45) is 5.73 Å². The van der Waals surface area contributed by atoms with Gasteiger partial charge in [-0.05, 0) is 42.2 Å². The molecule has 1 saturated heterocycles. The zero-order chi connectivity index (χ0) is 13.9. The van der Waals surface area contributed by atoms with Gasteiger partial charge in [0.1, 0.15) is 0 Å². The van der Waals surface area contributed by atoms with Crippen molar-refractivity contribution in [3.63, 3.8) is 0 Å². The lowest BCUT2D eigenvalue weighted by Crippen LogP contribution is -2.17. The van der Waals surface area contributed by atoms with Crippen LogP contribution in [0.1, 0.15) is 23.2 Å². The fraction of sp³-hybridized carbons (Fsp3) is 0.235. The van der Waals surface area contributed by atoms with Gasteiger partial charge in [0.2, 0.25) is 5.91 Å². The quantitative estimate of drug-likeness (QED) is 0.928. The minimum absolute atomic E-state index is 0.382. The van der Waals surface area contributed by atoms with Gasteiger partial charge < -0.3 is 10.6 Å². The molecule has 1 aliphatic rings. The maximum Gasteiger partial charge on any atom is 0.249 e. The Kier molecular flexibility index (Phi) is 3.42. The van der Waals surface area contributed by atoms with Crippen LogP contribution < -0.4 is 10.6 Å². The highest BCUT2D eigenvalue weighted by molar-refractivity contribution is 6.00. The first-order valence-corrected chi connectivity index (χ1v) is 7.00. The van der Waals surface area contributed by atoms with E-state index in [0.717, 1.165) is 24.2 Å². The van der Waals surface area contributed by atoms with Gasteiger partial charge in [0.25, 0.3) is 0 Å². The molecule has 1 amide bonds. The van der Waals surface area contributed by atoms with Crippen LogP contribution in [0, 0.1) is 0 Å². The second-order valence-corrected chi connectivity index (χ2v) is 5.15. The lowest BCUT2D eigenvalue weighted by atomic mass is 9.99. The molecular formula is C17H18N2O. The third-order valence-corrected chi connectivity index (χ3v) is 3.82. The largest absolute Gasteiger partial charge is 0.372 e. The lowest BCUT2D eigenvalue weighted by molar-refractivity contribution is 0.100. The summed E-state index contributed by atoms with van der Waals surface area (Å²) in [7, 11) is 0. The van der Waals surface area contributed by atoms with Crippen LogP contribution in [-0.2, 0) is 0 Å². The molecule has 0 saturated carbocycles. The smallest absolute Gasteiger partial charge is 0.249 e. The van der Waals surface area contributed by atoms with Gasteiger partial charge in [-0.15, -0.1) is 0 Å². The summed E-state index contributed by atoms with van der Waals surface area (Å²) in [6, 6.07) is 15.8. The molecule has 3 nitrogen and oxygen atoms in total. The summed E-state index contributed by atoms with van der Waals surface area (Å²) in [5.41, 5.74) is 9.21. The maximum absolute atomic E-state index is 11.5. The molecule has 2 N–H and O–H groups in total. The summed E-state index contributed by atoms with van der Waals surface area (Å²) in [5.74, 6) is -0.382. The van der Waals surface area contributed by atoms with E-state index in [2.05, 4.69) is 17.0 Å². The Labute approximate surface area is 119 Å². The van der Waals surface area contributed by atoms with E-state index in [0.29, 0.717) is 5.56 Å². The topological polar surface area (TPSA) is 46.3 Å². The van der Waals surface area contributed by atoms with Crippen molar-refractivity contribution in [2.45, 2.75) is 12.8 Å². The molecule has 0 unspecified atom stereocenters. The first-order chi connectivity index (χ1) is 9.75. The molecule has 0 aliphatic carbocycles. The van der Waals surface area contributed by atoms with E-state index in [4.69, 9.17) is 5.73 Å². The van der Waals surface area contributed by atoms with Crippen LogP contribution >= 0.6 is 0 Å². The molecule has 3 rings (SSSR count). The zero-order valence-electron chi connectivity index (χ0n) is 11.4. The highest BCUT2D eigenvalue weighted by atomic mass is 16.1. The first-order valence-electron chi connectivity index (χ1n) is 7.00. The summed E-state index contributed by atoms with van der Waals surface area (Å²) >= 11 is 0. The normalized spacial score (nSPS) is 14.5. The van der Waals surface area contributed by atoms with Gasteiger partial charge in [-0.1, -0.05) is 30.3 Å². The summed E-state index contributed by atoms with van der Waals surface area (Å²) in [5, 5.41) is 0. The molecule has 102 valence electrons. The number of rotatable bonds is 3. The molecule has 1 fully saturated rings. The summed E-state index contributed by atoms with van der Waals surface area (Å²) in [6.45, 7) is 2.22. The number of anilines is 1. The number of carbonyl (C=O) groups excluding carboxylic acids is 1. The van der Waals surface area contributed by atoms with E-state index < -0.39 is 0 Å². The first kappa shape index (κ1) is 12.7. The standard InChI is InChI=1S/C17H18N2O/c18-17(20)16-9-2-1-8-15(16)13-6-5-7-14(12-13)19-10-3-4-11-19/h1-2,5-9,12H,3-4,10-11H2,(H2,18,20). The van der Waals surface area contributed by atoms with Crippen molar-refractivity contribution in [1.82, 2.24) is 0 Å². The van der Waals surface area contributed by atoms with E-state index in [-0.39, 0.29) is 5.91 Å². The van der Waals surface area contributed by atoms with Gasteiger partial charge in [-0.3, -0.25) is 4.79 Å². The Morgan fingerprint density at radius 3 is 2.50 bits per heavy atom. The van der Waals surface area contributed by atoms with Gasteiger partial charge in [0, 0.05) is 24.3 Å². The number of amides is 1. The number of nitrogens with zero attached hydrogens (tertiary/aromatic N) is 1. The molecule has 0 aromatic heterocycles. The number of nitrogens with two attached hydrogens (primary N) is 1. The van der Waals surface area contributed by atoms with Crippen LogP contribution in [0.5, 0.6) is 0 Å². The van der Waals surface area contributed by atoms with Crippen molar-refractivity contribution < 1.29 is 4.79 Å². The molecule has 3 heteroatoms. The fourth-order valence-corrected chi connectivity index (χ4v) is 2.80. The second-order valence-electron chi connectivity index (χ2n) is 5.15. The summed E-state index contributed by atoms with van der Waals surface area (Å²) in [4.78, 5) is 13.9. The Morgan fingerprint density at radius 2 is 1.75 bits per heavy atom. The molecule has 1 heterocycles. The molecule has 20 heavy (non-hydrogen) atoms. The highest BCUT2D eigenvalue weighted by Gasteiger charge is 2.14. The third kappa shape index (κ3) is 2.39. The van der Waals surface area contributed by atoms with Crippen molar-refractivity contribution >= 4 is 11.6 Å².